The van der Waals surface area contributed by atoms with Crippen molar-refractivity contribution in [2.75, 3.05) is 6.54 Å². The third-order valence-corrected chi connectivity index (χ3v) is 4.04. The fraction of sp³-hybridized carbons (Fsp3) is 0.647. The zero-order valence-electron chi connectivity index (χ0n) is 12.2. The molecule has 0 radical (unpaired) electrons. The minimum absolute atomic E-state index is 0.140. The van der Waals surface area contributed by atoms with Gasteiger partial charge in [0.2, 0.25) is 0 Å². The van der Waals surface area contributed by atoms with E-state index in [1.54, 1.807) is 12.1 Å². The van der Waals surface area contributed by atoms with Gasteiger partial charge in [-0.3, -0.25) is 0 Å². The van der Waals surface area contributed by atoms with E-state index in [1.165, 1.54) is 37.7 Å². The summed E-state index contributed by atoms with van der Waals surface area (Å²) in [5, 5.41) is 3.62. The van der Waals surface area contributed by atoms with Crippen LogP contribution in [0.15, 0.2) is 24.3 Å². The van der Waals surface area contributed by atoms with E-state index in [9.17, 15) is 4.39 Å². The molecule has 1 N–H and O–H groups in total. The van der Waals surface area contributed by atoms with E-state index >= 15 is 0 Å². The minimum atomic E-state index is -0.140. The largest absolute Gasteiger partial charge is 0.313 e. The second-order valence-corrected chi connectivity index (χ2v) is 6.06. The van der Waals surface area contributed by atoms with Crippen molar-refractivity contribution in [1.29, 1.82) is 0 Å². The molecule has 0 saturated heterocycles. The van der Waals surface area contributed by atoms with Crippen LogP contribution in [-0.4, -0.2) is 12.6 Å². The number of halogens is 1. The predicted molar refractivity (Wildman–Crippen MR) is 78.9 cm³/mol. The van der Waals surface area contributed by atoms with E-state index in [-0.39, 0.29) is 5.82 Å². The monoisotopic (exact) mass is 263 g/mol. The highest BCUT2D eigenvalue weighted by atomic mass is 19.1. The second kappa shape index (κ2) is 7.04. The molecule has 0 aromatic heterocycles. The standard InChI is InChI=1S/C17H26FN/c1-3-4-13(2)11-15(12-19-17-9-10-17)14-5-7-16(18)8-6-14/h5-8,13,15,17,19H,3-4,9-12H2,1-2H3. The first kappa shape index (κ1) is 14.5. The SMILES string of the molecule is CCCC(C)CC(CNC1CC1)c1ccc(F)cc1. The summed E-state index contributed by atoms with van der Waals surface area (Å²) in [5.41, 5.74) is 1.28. The van der Waals surface area contributed by atoms with Gasteiger partial charge in [-0.15, -0.1) is 0 Å². The normalized spacial score (nSPS) is 18.3. The first-order valence-corrected chi connectivity index (χ1v) is 7.68. The van der Waals surface area contributed by atoms with Crippen LogP contribution in [0, 0.1) is 11.7 Å². The number of rotatable bonds is 8. The van der Waals surface area contributed by atoms with Crippen LogP contribution in [0.4, 0.5) is 4.39 Å². The summed E-state index contributed by atoms with van der Waals surface area (Å²) in [4.78, 5) is 0. The molecule has 2 atom stereocenters. The second-order valence-electron chi connectivity index (χ2n) is 6.06. The molecular weight excluding hydrogens is 237 g/mol. The molecule has 1 aliphatic carbocycles. The third kappa shape index (κ3) is 4.94. The minimum Gasteiger partial charge on any atom is -0.313 e. The predicted octanol–water partition coefficient (Wildman–Crippen LogP) is 4.49. The number of hydrogen-bond donors (Lipinski definition) is 1. The van der Waals surface area contributed by atoms with Gasteiger partial charge in [0.25, 0.3) is 0 Å². The molecule has 2 unspecified atom stereocenters. The Kier molecular flexibility index (Phi) is 5.38. The fourth-order valence-electron chi connectivity index (χ4n) is 2.76. The van der Waals surface area contributed by atoms with Crippen LogP contribution >= 0.6 is 0 Å². The van der Waals surface area contributed by atoms with Crippen LogP contribution in [0.25, 0.3) is 0 Å². The molecule has 1 aliphatic rings. The summed E-state index contributed by atoms with van der Waals surface area (Å²) in [7, 11) is 0. The molecule has 0 heterocycles. The average Bonchev–Trinajstić information content (AvgIpc) is 3.20. The van der Waals surface area contributed by atoms with Crippen molar-refractivity contribution >= 4 is 0 Å². The maximum absolute atomic E-state index is 13.0. The molecule has 0 bridgehead atoms. The summed E-state index contributed by atoms with van der Waals surface area (Å²) in [6.07, 6.45) is 6.36. The van der Waals surface area contributed by atoms with Gasteiger partial charge in [-0.05, 0) is 48.8 Å². The third-order valence-electron chi connectivity index (χ3n) is 4.04. The van der Waals surface area contributed by atoms with Crippen LogP contribution < -0.4 is 5.32 Å². The van der Waals surface area contributed by atoms with Gasteiger partial charge in [-0.25, -0.2) is 4.39 Å². The maximum Gasteiger partial charge on any atom is 0.123 e. The van der Waals surface area contributed by atoms with E-state index in [0.29, 0.717) is 5.92 Å². The molecular formula is C17H26FN. The van der Waals surface area contributed by atoms with E-state index in [2.05, 4.69) is 19.2 Å². The summed E-state index contributed by atoms with van der Waals surface area (Å²) in [5.74, 6) is 1.11. The van der Waals surface area contributed by atoms with Crippen molar-refractivity contribution in [1.82, 2.24) is 5.32 Å². The van der Waals surface area contributed by atoms with Gasteiger partial charge in [0, 0.05) is 12.6 Å². The lowest BCUT2D eigenvalue weighted by atomic mass is 9.87. The Labute approximate surface area is 116 Å². The molecule has 1 fully saturated rings. The first-order chi connectivity index (χ1) is 9.19. The lowest BCUT2D eigenvalue weighted by Gasteiger charge is -2.22. The van der Waals surface area contributed by atoms with Gasteiger partial charge in [0.05, 0.1) is 0 Å². The fourth-order valence-corrected chi connectivity index (χ4v) is 2.76. The number of benzene rings is 1. The molecule has 1 saturated carbocycles. The van der Waals surface area contributed by atoms with Gasteiger partial charge in [-0.2, -0.15) is 0 Å². The molecule has 1 aromatic carbocycles. The summed E-state index contributed by atoms with van der Waals surface area (Å²) >= 11 is 0. The molecule has 0 aliphatic heterocycles. The topological polar surface area (TPSA) is 12.0 Å². The number of hydrogen-bond acceptors (Lipinski definition) is 1. The van der Waals surface area contributed by atoms with Crippen molar-refractivity contribution in [3.05, 3.63) is 35.6 Å². The zero-order chi connectivity index (χ0) is 13.7. The first-order valence-electron chi connectivity index (χ1n) is 7.68. The smallest absolute Gasteiger partial charge is 0.123 e. The van der Waals surface area contributed by atoms with E-state index in [4.69, 9.17) is 0 Å². The van der Waals surface area contributed by atoms with Crippen molar-refractivity contribution in [3.8, 4) is 0 Å². The Balaban J connectivity index is 1.96. The lowest BCUT2D eigenvalue weighted by Crippen LogP contribution is -2.24. The Hall–Kier alpha value is -0.890. The summed E-state index contributed by atoms with van der Waals surface area (Å²) < 4.78 is 13.0. The molecule has 2 rings (SSSR count). The Morgan fingerprint density at radius 3 is 2.53 bits per heavy atom. The average molecular weight is 263 g/mol. The highest BCUT2D eigenvalue weighted by Crippen LogP contribution is 2.27. The highest BCUT2D eigenvalue weighted by molar-refractivity contribution is 5.21. The van der Waals surface area contributed by atoms with E-state index in [1.807, 2.05) is 12.1 Å². The van der Waals surface area contributed by atoms with Crippen LogP contribution in [0.2, 0.25) is 0 Å². The van der Waals surface area contributed by atoms with Crippen LogP contribution in [-0.2, 0) is 0 Å². The van der Waals surface area contributed by atoms with Crippen LogP contribution in [0.3, 0.4) is 0 Å². The van der Waals surface area contributed by atoms with Gasteiger partial charge < -0.3 is 5.32 Å². The van der Waals surface area contributed by atoms with Crippen LogP contribution in [0.5, 0.6) is 0 Å². The Morgan fingerprint density at radius 2 is 1.95 bits per heavy atom. The summed E-state index contributed by atoms with van der Waals surface area (Å²) in [6, 6.07) is 7.82. The number of nitrogens with one attached hydrogen (secondary N) is 1. The molecule has 19 heavy (non-hydrogen) atoms. The van der Waals surface area contributed by atoms with Crippen molar-refractivity contribution in [2.24, 2.45) is 5.92 Å². The van der Waals surface area contributed by atoms with Crippen molar-refractivity contribution < 1.29 is 4.39 Å². The Morgan fingerprint density at radius 1 is 1.26 bits per heavy atom. The molecule has 1 aromatic rings. The van der Waals surface area contributed by atoms with E-state index in [0.717, 1.165) is 18.5 Å². The quantitative estimate of drug-likeness (QED) is 0.728. The van der Waals surface area contributed by atoms with E-state index < -0.39 is 0 Å². The zero-order valence-corrected chi connectivity index (χ0v) is 12.2. The molecule has 1 nitrogen and oxygen atoms in total. The lowest BCUT2D eigenvalue weighted by molar-refractivity contribution is 0.419. The van der Waals surface area contributed by atoms with Gasteiger partial charge in [-0.1, -0.05) is 38.8 Å². The maximum atomic E-state index is 13.0. The Bertz CT molecular complexity index is 369. The molecule has 0 amide bonds. The highest BCUT2D eigenvalue weighted by Gasteiger charge is 2.23. The van der Waals surface area contributed by atoms with Crippen molar-refractivity contribution in [2.45, 2.75) is 57.9 Å². The van der Waals surface area contributed by atoms with Crippen LogP contribution in [0.1, 0.15) is 57.4 Å². The van der Waals surface area contributed by atoms with Gasteiger partial charge in [0.15, 0.2) is 0 Å². The van der Waals surface area contributed by atoms with Gasteiger partial charge in [0.1, 0.15) is 5.82 Å². The summed E-state index contributed by atoms with van der Waals surface area (Å²) in [6.45, 7) is 5.60. The van der Waals surface area contributed by atoms with Crippen molar-refractivity contribution in [3.63, 3.8) is 0 Å². The molecule has 0 spiro atoms. The molecule has 2 heteroatoms. The molecule has 106 valence electrons. The van der Waals surface area contributed by atoms with Gasteiger partial charge >= 0.3 is 0 Å².